The second-order valence-electron chi connectivity index (χ2n) is 12.1. The topological polar surface area (TPSA) is 20.2 Å². The minimum atomic E-state index is -0.0525. The predicted octanol–water partition coefficient (Wildman–Crippen LogP) is 7.72. The van der Waals surface area contributed by atoms with Crippen molar-refractivity contribution < 1.29 is 5.11 Å². The molecule has 8 atom stereocenters. The Balaban J connectivity index is 1.55. The Hall–Kier alpha value is -0.820. The van der Waals surface area contributed by atoms with Crippen molar-refractivity contribution >= 4 is 0 Å². The van der Waals surface area contributed by atoms with E-state index >= 15 is 0 Å². The van der Waals surface area contributed by atoms with Crippen LogP contribution in [0.15, 0.2) is 35.5 Å². The quantitative estimate of drug-likeness (QED) is 0.371. The van der Waals surface area contributed by atoms with Crippen LogP contribution in [-0.4, -0.2) is 11.2 Å². The van der Waals surface area contributed by atoms with E-state index < -0.39 is 0 Å². The molecule has 0 aromatic rings. The van der Waals surface area contributed by atoms with E-state index in [2.05, 4.69) is 65.8 Å². The number of aliphatic hydroxyl groups excluding tert-OH is 1. The van der Waals surface area contributed by atoms with Gasteiger partial charge in [-0.05, 0) is 105 Å². The van der Waals surface area contributed by atoms with E-state index in [0.717, 1.165) is 30.6 Å². The van der Waals surface area contributed by atoms with E-state index in [0.29, 0.717) is 28.6 Å². The van der Waals surface area contributed by atoms with Crippen molar-refractivity contribution in [2.75, 3.05) is 0 Å². The third-order valence-electron chi connectivity index (χ3n) is 10.4. The number of aliphatic hydroxyl groups is 1. The summed E-state index contributed by atoms with van der Waals surface area (Å²) in [4.78, 5) is 0. The Labute approximate surface area is 186 Å². The number of rotatable bonds is 4. The van der Waals surface area contributed by atoms with Gasteiger partial charge in [0.05, 0.1) is 6.10 Å². The highest BCUT2D eigenvalue weighted by Gasteiger charge is 2.57. The maximum absolute atomic E-state index is 10.3. The molecule has 0 aromatic carbocycles. The van der Waals surface area contributed by atoms with Gasteiger partial charge in [-0.15, -0.1) is 0 Å². The van der Waals surface area contributed by atoms with Gasteiger partial charge in [-0.3, -0.25) is 0 Å². The van der Waals surface area contributed by atoms with E-state index in [1.165, 1.54) is 44.1 Å². The normalized spacial score (nSPS) is 45.1. The third-order valence-corrected chi connectivity index (χ3v) is 10.4. The first-order chi connectivity index (χ1) is 14.2. The van der Waals surface area contributed by atoms with E-state index in [1.807, 2.05) is 5.57 Å². The number of hydrogen-bond acceptors (Lipinski definition) is 1. The van der Waals surface area contributed by atoms with Crippen LogP contribution in [0, 0.1) is 46.3 Å². The van der Waals surface area contributed by atoms with Crippen molar-refractivity contribution in [1.29, 1.82) is 0 Å². The molecule has 0 radical (unpaired) electrons. The summed E-state index contributed by atoms with van der Waals surface area (Å²) in [6, 6.07) is 0. The Morgan fingerprint density at radius 3 is 2.43 bits per heavy atom. The molecule has 8 unspecified atom stereocenters. The fourth-order valence-electron chi connectivity index (χ4n) is 8.41. The van der Waals surface area contributed by atoms with Gasteiger partial charge in [-0.25, -0.2) is 0 Å². The average molecular weight is 411 g/mol. The lowest BCUT2D eigenvalue weighted by Crippen LogP contribution is -2.49. The first kappa shape index (κ1) is 22.4. The van der Waals surface area contributed by atoms with Gasteiger partial charge in [0, 0.05) is 0 Å². The largest absolute Gasteiger partial charge is 0.393 e. The first-order valence-electron chi connectivity index (χ1n) is 12.9. The Morgan fingerprint density at radius 2 is 1.73 bits per heavy atom. The van der Waals surface area contributed by atoms with Crippen LogP contribution in [0.25, 0.3) is 0 Å². The van der Waals surface area contributed by atoms with Crippen LogP contribution in [0.5, 0.6) is 0 Å². The molecule has 0 heterocycles. The second kappa shape index (κ2) is 8.27. The highest BCUT2D eigenvalue weighted by atomic mass is 16.3. The molecule has 0 bridgehead atoms. The highest BCUT2D eigenvalue weighted by Crippen LogP contribution is 2.66. The SMILES string of the molecule is CC=C(C=CC(C)C1CCC2C3=CCC4CC(O)CCC4(C)C3CCC21C)C(C)C. The number of hydrogen-bond donors (Lipinski definition) is 1. The molecule has 3 saturated carbocycles. The van der Waals surface area contributed by atoms with Gasteiger partial charge in [0.25, 0.3) is 0 Å². The summed E-state index contributed by atoms with van der Waals surface area (Å²) >= 11 is 0. The number of fused-ring (bicyclic) bond motifs is 5. The summed E-state index contributed by atoms with van der Waals surface area (Å²) in [5, 5.41) is 10.3. The lowest BCUT2D eigenvalue weighted by atomic mass is 9.47. The van der Waals surface area contributed by atoms with E-state index in [1.54, 1.807) is 0 Å². The zero-order valence-corrected chi connectivity index (χ0v) is 20.5. The molecular formula is C29H46O. The van der Waals surface area contributed by atoms with Crippen molar-refractivity contribution in [3.63, 3.8) is 0 Å². The van der Waals surface area contributed by atoms with Gasteiger partial charge in [0.15, 0.2) is 0 Å². The Morgan fingerprint density at radius 1 is 1.03 bits per heavy atom. The molecule has 0 aliphatic heterocycles. The fraction of sp³-hybridized carbons (Fsp3) is 0.793. The fourth-order valence-corrected chi connectivity index (χ4v) is 8.41. The van der Waals surface area contributed by atoms with Crippen LogP contribution >= 0.6 is 0 Å². The summed E-state index contributed by atoms with van der Waals surface area (Å²) in [6.45, 7) is 14.5. The standard InChI is InChI=1S/C29H46O/c1-7-21(19(2)3)9-8-20(4)25-12-13-26-24-11-10-22-18-23(30)14-16-28(22,5)27(24)15-17-29(25,26)6/h7-9,11,19-20,22-23,25-27,30H,10,12-18H2,1-6H3. The third kappa shape index (κ3) is 3.58. The first-order valence-corrected chi connectivity index (χ1v) is 12.9. The van der Waals surface area contributed by atoms with E-state index in [9.17, 15) is 5.11 Å². The molecule has 4 rings (SSSR count). The lowest BCUT2D eigenvalue weighted by molar-refractivity contribution is -0.0414. The van der Waals surface area contributed by atoms with Crippen molar-refractivity contribution in [1.82, 2.24) is 0 Å². The van der Waals surface area contributed by atoms with Crippen LogP contribution in [0.1, 0.15) is 92.9 Å². The van der Waals surface area contributed by atoms with E-state index in [-0.39, 0.29) is 6.10 Å². The van der Waals surface area contributed by atoms with Crippen LogP contribution in [0.3, 0.4) is 0 Å². The van der Waals surface area contributed by atoms with Crippen molar-refractivity contribution in [2.24, 2.45) is 46.3 Å². The molecule has 1 heteroatoms. The van der Waals surface area contributed by atoms with Gasteiger partial charge in [0.1, 0.15) is 0 Å². The maximum atomic E-state index is 10.3. The summed E-state index contributed by atoms with van der Waals surface area (Å²) in [7, 11) is 0. The highest BCUT2D eigenvalue weighted by molar-refractivity contribution is 5.28. The molecule has 168 valence electrons. The van der Waals surface area contributed by atoms with Gasteiger partial charge >= 0.3 is 0 Å². The predicted molar refractivity (Wildman–Crippen MR) is 128 cm³/mol. The molecule has 4 aliphatic carbocycles. The summed E-state index contributed by atoms with van der Waals surface area (Å²) < 4.78 is 0. The second-order valence-corrected chi connectivity index (χ2v) is 12.1. The Kier molecular flexibility index (Phi) is 6.17. The average Bonchev–Trinajstić information content (AvgIpc) is 3.06. The maximum Gasteiger partial charge on any atom is 0.0543 e. The zero-order valence-electron chi connectivity index (χ0n) is 20.5. The molecular weight excluding hydrogens is 364 g/mol. The molecule has 0 aromatic heterocycles. The van der Waals surface area contributed by atoms with Crippen LogP contribution < -0.4 is 0 Å². The van der Waals surface area contributed by atoms with Crippen LogP contribution in [0.4, 0.5) is 0 Å². The monoisotopic (exact) mass is 410 g/mol. The van der Waals surface area contributed by atoms with Gasteiger partial charge < -0.3 is 5.11 Å². The zero-order chi connectivity index (χ0) is 21.7. The molecule has 30 heavy (non-hydrogen) atoms. The minimum Gasteiger partial charge on any atom is -0.393 e. The van der Waals surface area contributed by atoms with Crippen LogP contribution in [0.2, 0.25) is 0 Å². The summed E-state index contributed by atoms with van der Waals surface area (Å²) in [5.74, 6) is 4.35. The van der Waals surface area contributed by atoms with Crippen molar-refractivity contribution in [2.45, 2.75) is 99.0 Å². The van der Waals surface area contributed by atoms with Gasteiger partial charge in [-0.2, -0.15) is 0 Å². The molecule has 1 nitrogen and oxygen atoms in total. The molecule has 0 spiro atoms. The molecule has 0 amide bonds. The van der Waals surface area contributed by atoms with Gasteiger partial charge in [-0.1, -0.05) is 70.1 Å². The minimum absolute atomic E-state index is 0.0525. The van der Waals surface area contributed by atoms with Gasteiger partial charge in [0.2, 0.25) is 0 Å². The summed E-state index contributed by atoms with van der Waals surface area (Å²) in [5.41, 5.74) is 4.22. The van der Waals surface area contributed by atoms with Crippen molar-refractivity contribution in [3.8, 4) is 0 Å². The summed E-state index contributed by atoms with van der Waals surface area (Å²) in [6.07, 6.45) is 19.9. The molecule has 3 fully saturated rings. The Bertz CT molecular complexity index is 727. The lowest BCUT2D eigenvalue weighted by Gasteiger charge is -2.57. The smallest absolute Gasteiger partial charge is 0.0543 e. The van der Waals surface area contributed by atoms with Crippen molar-refractivity contribution in [3.05, 3.63) is 35.5 Å². The van der Waals surface area contributed by atoms with E-state index in [4.69, 9.17) is 0 Å². The molecule has 4 aliphatic rings. The molecule has 1 N–H and O–H groups in total. The molecule has 0 saturated heterocycles. The number of allylic oxidation sites excluding steroid dienone is 6. The van der Waals surface area contributed by atoms with Crippen LogP contribution in [-0.2, 0) is 0 Å².